The molecule has 0 saturated heterocycles. The molecule has 2 heterocycles. The molecule has 1 amide bonds. The summed E-state index contributed by atoms with van der Waals surface area (Å²) in [5.41, 5.74) is 5.36. The van der Waals surface area contributed by atoms with Gasteiger partial charge in [-0.1, -0.05) is 71.9 Å². The third-order valence-electron chi connectivity index (χ3n) is 4.35. The molecule has 0 N–H and O–H groups in total. The molecule has 1 aromatic heterocycles. The van der Waals surface area contributed by atoms with Crippen LogP contribution in [0.25, 0.3) is 11.3 Å². The second-order valence-corrected chi connectivity index (χ2v) is 8.41. The van der Waals surface area contributed by atoms with Gasteiger partial charge >= 0.3 is 0 Å². The Bertz CT molecular complexity index is 965. The molecule has 3 aromatic rings. The normalized spacial score (nSPS) is 13.7. The minimum absolute atomic E-state index is 0.0259. The monoisotopic (exact) mass is 393 g/mol. The molecule has 6 heteroatoms. The Hall–Kier alpha value is -2.44. The van der Waals surface area contributed by atoms with Gasteiger partial charge in [0, 0.05) is 17.4 Å². The van der Waals surface area contributed by atoms with Crippen LogP contribution in [0.4, 0.5) is 0 Å². The fourth-order valence-corrected chi connectivity index (χ4v) is 4.55. The Morgan fingerprint density at radius 2 is 1.89 bits per heavy atom. The molecule has 1 aliphatic rings. The van der Waals surface area contributed by atoms with Crippen molar-refractivity contribution >= 4 is 34.7 Å². The van der Waals surface area contributed by atoms with Crippen LogP contribution in [0.1, 0.15) is 17.5 Å². The second kappa shape index (κ2) is 8.06. The summed E-state index contributed by atoms with van der Waals surface area (Å²) in [4.78, 5) is 17.1. The maximum absolute atomic E-state index is 12.5. The van der Waals surface area contributed by atoms with E-state index in [0.29, 0.717) is 12.3 Å². The van der Waals surface area contributed by atoms with Gasteiger partial charge in [0.1, 0.15) is 0 Å². The zero-order valence-electron chi connectivity index (χ0n) is 15.0. The number of hydrogen-bond acceptors (Lipinski definition) is 5. The van der Waals surface area contributed by atoms with Crippen LogP contribution in [0.5, 0.6) is 0 Å². The summed E-state index contributed by atoms with van der Waals surface area (Å²) in [5, 5.41) is 8.13. The summed E-state index contributed by atoms with van der Waals surface area (Å²) in [6, 6.07) is 18.4. The van der Waals surface area contributed by atoms with Crippen molar-refractivity contribution in [2.45, 2.75) is 17.7 Å². The number of rotatable bonds is 5. The fraction of sp³-hybridized carbons (Fsp3) is 0.190. The highest BCUT2D eigenvalue weighted by Crippen LogP contribution is 2.29. The molecule has 0 bridgehead atoms. The van der Waals surface area contributed by atoms with Gasteiger partial charge in [0.05, 0.1) is 23.7 Å². The molecular weight excluding hydrogens is 374 g/mol. The lowest BCUT2D eigenvalue weighted by atomic mass is 10.1. The lowest BCUT2D eigenvalue weighted by Crippen LogP contribution is -2.25. The third kappa shape index (κ3) is 4.28. The summed E-state index contributed by atoms with van der Waals surface area (Å²) >= 11 is 3.05. The van der Waals surface area contributed by atoms with Crippen LogP contribution in [0, 0.1) is 6.92 Å². The number of carbonyl (C=O) groups excluding carboxylic acids is 1. The van der Waals surface area contributed by atoms with E-state index in [-0.39, 0.29) is 5.91 Å². The van der Waals surface area contributed by atoms with Crippen LogP contribution in [-0.4, -0.2) is 33.9 Å². The van der Waals surface area contributed by atoms with E-state index in [2.05, 4.69) is 41.3 Å². The van der Waals surface area contributed by atoms with E-state index in [4.69, 9.17) is 0 Å². The molecule has 0 unspecified atom stereocenters. The number of aromatic nitrogens is 1. The van der Waals surface area contributed by atoms with E-state index in [1.807, 2.05) is 35.7 Å². The van der Waals surface area contributed by atoms with Crippen LogP contribution in [0.15, 0.2) is 69.4 Å². The van der Waals surface area contributed by atoms with Crippen LogP contribution < -0.4 is 0 Å². The highest BCUT2D eigenvalue weighted by atomic mass is 32.2. The number of benzene rings is 2. The smallest absolute Gasteiger partial charge is 0.253 e. The maximum Gasteiger partial charge on any atom is 0.253 e. The number of thioether (sulfide) groups is 1. The van der Waals surface area contributed by atoms with Gasteiger partial charge in [0.2, 0.25) is 0 Å². The second-order valence-electron chi connectivity index (χ2n) is 6.33. The average molecular weight is 394 g/mol. The summed E-state index contributed by atoms with van der Waals surface area (Å²) in [6.07, 6.45) is 0.801. The zero-order chi connectivity index (χ0) is 18.6. The van der Waals surface area contributed by atoms with Crippen LogP contribution in [0.3, 0.4) is 0 Å². The van der Waals surface area contributed by atoms with Gasteiger partial charge in [0.25, 0.3) is 5.91 Å². The topological polar surface area (TPSA) is 45.6 Å². The van der Waals surface area contributed by atoms with Gasteiger partial charge in [-0.3, -0.25) is 4.79 Å². The van der Waals surface area contributed by atoms with Crippen molar-refractivity contribution in [1.82, 2.24) is 9.99 Å². The number of thiazole rings is 1. The van der Waals surface area contributed by atoms with Gasteiger partial charge in [-0.2, -0.15) is 5.10 Å². The third-order valence-corrected chi connectivity index (χ3v) is 6.35. The standard InChI is InChI=1S/C21H19N3OS2/c1-15-7-9-17(10-8-15)19-13-26-21(22-19)27-14-20(25)24-12-11-18(23-24)16-5-3-2-4-6-16/h2-10,13H,11-12,14H2,1H3. The predicted octanol–water partition coefficient (Wildman–Crippen LogP) is 4.85. The van der Waals surface area contributed by atoms with Crippen molar-refractivity contribution in [3.05, 3.63) is 71.1 Å². The first-order chi connectivity index (χ1) is 13.2. The number of hydrogen-bond donors (Lipinski definition) is 0. The molecule has 27 heavy (non-hydrogen) atoms. The molecule has 0 atom stereocenters. The van der Waals surface area contributed by atoms with Crippen molar-refractivity contribution in [3.63, 3.8) is 0 Å². The van der Waals surface area contributed by atoms with E-state index in [1.54, 1.807) is 16.3 Å². The average Bonchev–Trinajstić information content (AvgIpc) is 3.37. The van der Waals surface area contributed by atoms with Gasteiger partial charge in [-0.25, -0.2) is 9.99 Å². The summed E-state index contributed by atoms with van der Waals surface area (Å²) < 4.78 is 0.908. The van der Waals surface area contributed by atoms with Gasteiger partial charge < -0.3 is 0 Å². The highest BCUT2D eigenvalue weighted by molar-refractivity contribution is 8.01. The summed E-state index contributed by atoms with van der Waals surface area (Å²) in [6.45, 7) is 2.72. The molecule has 136 valence electrons. The highest BCUT2D eigenvalue weighted by Gasteiger charge is 2.21. The molecule has 0 aliphatic carbocycles. The van der Waals surface area contributed by atoms with E-state index in [1.165, 1.54) is 17.3 Å². The first kappa shape index (κ1) is 17.9. The maximum atomic E-state index is 12.5. The Labute approximate surface area is 166 Å². The molecule has 0 fully saturated rings. The zero-order valence-corrected chi connectivity index (χ0v) is 16.6. The van der Waals surface area contributed by atoms with Crippen molar-refractivity contribution in [2.75, 3.05) is 12.3 Å². The quantitative estimate of drug-likeness (QED) is 0.582. The number of carbonyl (C=O) groups is 1. The van der Waals surface area contributed by atoms with Crippen molar-refractivity contribution < 1.29 is 4.79 Å². The van der Waals surface area contributed by atoms with Crippen LogP contribution in [-0.2, 0) is 4.79 Å². The molecule has 0 spiro atoms. The summed E-state index contributed by atoms with van der Waals surface area (Å²) in [7, 11) is 0. The Morgan fingerprint density at radius 1 is 1.11 bits per heavy atom. The lowest BCUT2D eigenvalue weighted by Gasteiger charge is -2.10. The number of aryl methyl sites for hydroxylation is 1. The largest absolute Gasteiger partial charge is 0.272 e. The molecule has 0 radical (unpaired) electrons. The van der Waals surface area contributed by atoms with E-state index < -0.39 is 0 Å². The van der Waals surface area contributed by atoms with Crippen molar-refractivity contribution in [2.24, 2.45) is 5.10 Å². The van der Waals surface area contributed by atoms with E-state index in [9.17, 15) is 4.79 Å². The fourth-order valence-electron chi connectivity index (χ4n) is 2.85. The Morgan fingerprint density at radius 3 is 2.67 bits per heavy atom. The van der Waals surface area contributed by atoms with Crippen LogP contribution in [0.2, 0.25) is 0 Å². The molecule has 0 saturated carbocycles. The molecule has 2 aromatic carbocycles. The molecular formula is C21H19N3OS2. The van der Waals surface area contributed by atoms with Crippen LogP contribution >= 0.6 is 23.1 Å². The van der Waals surface area contributed by atoms with Crippen molar-refractivity contribution in [3.8, 4) is 11.3 Å². The molecule has 4 rings (SSSR count). The van der Waals surface area contributed by atoms with Crippen molar-refractivity contribution in [1.29, 1.82) is 0 Å². The molecule has 4 nitrogen and oxygen atoms in total. The Balaban J connectivity index is 1.36. The summed E-state index contributed by atoms with van der Waals surface area (Å²) in [5.74, 6) is 0.380. The van der Waals surface area contributed by atoms with Gasteiger partial charge in [0.15, 0.2) is 4.34 Å². The van der Waals surface area contributed by atoms with E-state index in [0.717, 1.165) is 33.3 Å². The number of amides is 1. The van der Waals surface area contributed by atoms with Gasteiger partial charge in [-0.15, -0.1) is 11.3 Å². The SMILES string of the molecule is Cc1ccc(-c2csc(SCC(=O)N3CCC(c4ccccc4)=N3)n2)cc1. The predicted molar refractivity (Wildman–Crippen MR) is 112 cm³/mol. The van der Waals surface area contributed by atoms with Gasteiger partial charge in [-0.05, 0) is 12.5 Å². The molecule has 1 aliphatic heterocycles. The lowest BCUT2D eigenvalue weighted by molar-refractivity contribution is -0.127. The first-order valence-corrected chi connectivity index (χ1v) is 10.6. The minimum Gasteiger partial charge on any atom is -0.272 e. The number of nitrogens with zero attached hydrogens (tertiary/aromatic N) is 3. The number of hydrazone groups is 1. The Kier molecular flexibility index (Phi) is 5.36. The van der Waals surface area contributed by atoms with E-state index >= 15 is 0 Å². The first-order valence-electron chi connectivity index (χ1n) is 8.78. The minimum atomic E-state index is 0.0259.